The van der Waals surface area contributed by atoms with Crippen LogP contribution in [-0.2, 0) is 14.3 Å². The lowest BCUT2D eigenvalue weighted by atomic mass is 9.96. The zero-order valence-corrected chi connectivity index (χ0v) is 21.0. The molecule has 1 amide bonds. The summed E-state index contributed by atoms with van der Waals surface area (Å²) < 4.78 is 5.51. The van der Waals surface area contributed by atoms with E-state index in [1.165, 1.54) is 77.0 Å². The third-order valence-corrected chi connectivity index (χ3v) is 6.51. The van der Waals surface area contributed by atoms with Crippen LogP contribution in [0.3, 0.4) is 0 Å². The van der Waals surface area contributed by atoms with Gasteiger partial charge in [-0.1, -0.05) is 104 Å². The van der Waals surface area contributed by atoms with E-state index in [1.54, 1.807) is 0 Å². The summed E-state index contributed by atoms with van der Waals surface area (Å²) in [7, 11) is 0. The average Bonchev–Trinajstić information content (AvgIpc) is 2.76. The summed E-state index contributed by atoms with van der Waals surface area (Å²) in [5.41, 5.74) is 0. The lowest BCUT2D eigenvalue weighted by Gasteiger charge is -2.31. The van der Waals surface area contributed by atoms with Crippen molar-refractivity contribution in [3.8, 4) is 0 Å². The van der Waals surface area contributed by atoms with Gasteiger partial charge >= 0.3 is 5.97 Å². The first-order valence-electron chi connectivity index (χ1n) is 13.5. The molecule has 1 aliphatic heterocycles. The van der Waals surface area contributed by atoms with Gasteiger partial charge in [-0.15, -0.1) is 0 Å². The number of likely N-dealkylation sites (tertiary alicyclic amines) is 1. The number of rotatable bonds is 18. The molecule has 0 atom stereocenters. The van der Waals surface area contributed by atoms with Gasteiger partial charge in [0.05, 0.1) is 12.5 Å². The SMILES string of the molecule is CCCCCCCCCCCCCCCCOC(=O)C1CCN(C(=O)CC(C)C)CC1. The quantitative estimate of drug-likeness (QED) is 0.167. The topological polar surface area (TPSA) is 46.6 Å². The first kappa shape index (κ1) is 28.0. The lowest BCUT2D eigenvalue weighted by molar-refractivity contribution is -0.152. The van der Waals surface area contributed by atoms with Crippen LogP contribution in [0, 0.1) is 11.8 Å². The van der Waals surface area contributed by atoms with E-state index < -0.39 is 0 Å². The van der Waals surface area contributed by atoms with E-state index in [9.17, 15) is 9.59 Å². The number of amides is 1. The predicted octanol–water partition coefficient (Wildman–Crippen LogP) is 7.30. The van der Waals surface area contributed by atoms with Crippen LogP contribution in [0.4, 0.5) is 0 Å². The molecule has 0 N–H and O–H groups in total. The monoisotopic (exact) mass is 437 g/mol. The van der Waals surface area contributed by atoms with Crippen molar-refractivity contribution >= 4 is 11.9 Å². The number of nitrogens with zero attached hydrogens (tertiary/aromatic N) is 1. The maximum absolute atomic E-state index is 12.3. The standard InChI is InChI=1S/C27H51NO3/c1-4-5-6-7-8-9-10-11-12-13-14-15-16-17-22-31-27(30)25-18-20-28(21-19-25)26(29)23-24(2)3/h24-25H,4-23H2,1-3H3. The van der Waals surface area contributed by atoms with Crippen molar-refractivity contribution in [2.45, 2.75) is 130 Å². The van der Waals surface area contributed by atoms with Gasteiger partial charge in [0.25, 0.3) is 0 Å². The molecule has 0 aromatic carbocycles. The highest BCUT2D eigenvalue weighted by atomic mass is 16.5. The van der Waals surface area contributed by atoms with Crippen molar-refractivity contribution < 1.29 is 14.3 Å². The molecule has 1 heterocycles. The van der Waals surface area contributed by atoms with E-state index in [0.29, 0.717) is 32.0 Å². The second kappa shape index (κ2) is 18.5. The Hall–Kier alpha value is -1.06. The third-order valence-electron chi connectivity index (χ3n) is 6.51. The van der Waals surface area contributed by atoms with Crippen LogP contribution in [-0.4, -0.2) is 36.5 Å². The van der Waals surface area contributed by atoms with E-state index in [4.69, 9.17) is 4.74 Å². The average molecular weight is 438 g/mol. The summed E-state index contributed by atoms with van der Waals surface area (Å²) in [6, 6.07) is 0. The normalized spacial score (nSPS) is 14.9. The van der Waals surface area contributed by atoms with Gasteiger partial charge in [-0.05, 0) is 25.2 Å². The third kappa shape index (κ3) is 14.6. The van der Waals surface area contributed by atoms with Crippen molar-refractivity contribution in [3.05, 3.63) is 0 Å². The largest absolute Gasteiger partial charge is 0.465 e. The Labute approximate surface area is 192 Å². The second-order valence-corrected chi connectivity index (χ2v) is 10.0. The van der Waals surface area contributed by atoms with Crippen LogP contribution in [0.15, 0.2) is 0 Å². The maximum atomic E-state index is 12.3. The Morgan fingerprint density at radius 1 is 0.774 bits per heavy atom. The summed E-state index contributed by atoms with van der Waals surface area (Å²) in [6.45, 7) is 8.37. The van der Waals surface area contributed by atoms with Gasteiger partial charge < -0.3 is 9.64 Å². The zero-order valence-electron chi connectivity index (χ0n) is 21.0. The first-order valence-corrected chi connectivity index (χ1v) is 13.5. The molecule has 31 heavy (non-hydrogen) atoms. The molecule has 0 aliphatic carbocycles. The fourth-order valence-corrected chi connectivity index (χ4v) is 4.43. The molecular weight excluding hydrogens is 386 g/mol. The number of ether oxygens (including phenoxy) is 1. The van der Waals surface area contributed by atoms with E-state index in [2.05, 4.69) is 20.8 Å². The molecule has 0 aromatic heterocycles. The minimum atomic E-state index is -0.0503. The molecule has 1 fully saturated rings. The molecule has 1 aliphatic rings. The number of hydrogen-bond donors (Lipinski definition) is 0. The number of carbonyl (C=O) groups is 2. The Morgan fingerprint density at radius 3 is 1.68 bits per heavy atom. The van der Waals surface area contributed by atoms with Gasteiger partial charge in [-0.25, -0.2) is 0 Å². The summed E-state index contributed by atoms with van der Waals surface area (Å²) in [5.74, 6) is 0.546. The predicted molar refractivity (Wildman–Crippen MR) is 130 cm³/mol. The Morgan fingerprint density at radius 2 is 1.23 bits per heavy atom. The fourth-order valence-electron chi connectivity index (χ4n) is 4.43. The minimum Gasteiger partial charge on any atom is -0.465 e. The molecule has 0 saturated carbocycles. The van der Waals surface area contributed by atoms with E-state index >= 15 is 0 Å². The lowest BCUT2D eigenvalue weighted by Crippen LogP contribution is -2.41. The fraction of sp³-hybridized carbons (Fsp3) is 0.926. The van der Waals surface area contributed by atoms with Crippen LogP contribution >= 0.6 is 0 Å². The summed E-state index contributed by atoms with van der Waals surface area (Å²) in [4.78, 5) is 26.3. The van der Waals surface area contributed by atoms with Gasteiger partial charge in [0.2, 0.25) is 5.91 Å². The van der Waals surface area contributed by atoms with Crippen molar-refractivity contribution in [1.29, 1.82) is 0 Å². The van der Waals surface area contributed by atoms with Crippen LogP contribution in [0.2, 0.25) is 0 Å². The van der Waals surface area contributed by atoms with E-state index in [0.717, 1.165) is 25.7 Å². The molecule has 1 saturated heterocycles. The summed E-state index contributed by atoms with van der Waals surface area (Å²) >= 11 is 0. The maximum Gasteiger partial charge on any atom is 0.309 e. The molecule has 0 spiro atoms. The van der Waals surface area contributed by atoms with Gasteiger partial charge in [0.1, 0.15) is 0 Å². The Balaban J connectivity index is 1.88. The highest BCUT2D eigenvalue weighted by molar-refractivity contribution is 5.77. The molecular formula is C27H51NO3. The molecule has 4 heteroatoms. The molecule has 182 valence electrons. The summed E-state index contributed by atoms with van der Waals surface area (Å²) in [6.07, 6.45) is 20.8. The summed E-state index contributed by atoms with van der Waals surface area (Å²) in [5, 5.41) is 0. The Kier molecular flexibility index (Phi) is 16.7. The van der Waals surface area contributed by atoms with Crippen molar-refractivity contribution in [2.75, 3.05) is 19.7 Å². The van der Waals surface area contributed by atoms with Gasteiger partial charge in [-0.2, -0.15) is 0 Å². The smallest absolute Gasteiger partial charge is 0.309 e. The number of piperidine rings is 1. The molecule has 0 radical (unpaired) electrons. The zero-order chi connectivity index (χ0) is 22.7. The highest BCUT2D eigenvalue weighted by Crippen LogP contribution is 2.20. The highest BCUT2D eigenvalue weighted by Gasteiger charge is 2.28. The molecule has 4 nitrogen and oxygen atoms in total. The Bertz CT molecular complexity index is 455. The minimum absolute atomic E-state index is 0.0188. The van der Waals surface area contributed by atoms with E-state index in [1.807, 2.05) is 4.90 Å². The van der Waals surface area contributed by atoms with Gasteiger partial charge in [-0.3, -0.25) is 9.59 Å². The van der Waals surface area contributed by atoms with Crippen LogP contribution in [0.25, 0.3) is 0 Å². The molecule has 1 rings (SSSR count). The number of unbranched alkanes of at least 4 members (excludes halogenated alkanes) is 13. The van der Waals surface area contributed by atoms with Crippen LogP contribution in [0.1, 0.15) is 130 Å². The van der Waals surface area contributed by atoms with Crippen molar-refractivity contribution in [2.24, 2.45) is 11.8 Å². The van der Waals surface area contributed by atoms with Crippen LogP contribution in [0.5, 0.6) is 0 Å². The molecule has 0 bridgehead atoms. The molecule has 0 unspecified atom stereocenters. The van der Waals surface area contributed by atoms with Crippen LogP contribution < -0.4 is 0 Å². The number of esters is 1. The number of hydrogen-bond acceptors (Lipinski definition) is 3. The van der Waals surface area contributed by atoms with Crippen molar-refractivity contribution in [3.63, 3.8) is 0 Å². The molecule has 0 aromatic rings. The number of carbonyl (C=O) groups excluding carboxylic acids is 2. The first-order chi connectivity index (χ1) is 15.0. The second-order valence-electron chi connectivity index (χ2n) is 10.0. The van der Waals surface area contributed by atoms with E-state index in [-0.39, 0.29) is 17.8 Å². The van der Waals surface area contributed by atoms with Gasteiger partial charge in [0.15, 0.2) is 0 Å². The van der Waals surface area contributed by atoms with Crippen molar-refractivity contribution in [1.82, 2.24) is 4.90 Å². The van der Waals surface area contributed by atoms with Gasteiger partial charge in [0, 0.05) is 19.5 Å².